The van der Waals surface area contributed by atoms with Crippen LogP contribution in [0.5, 0.6) is 0 Å². The van der Waals surface area contributed by atoms with Gasteiger partial charge in [-0.1, -0.05) is 30.3 Å². The van der Waals surface area contributed by atoms with Crippen LogP contribution in [0.3, 0.4) is 0 Å². The SMILES string of the molecule is CN1CCC(n2cc(/C=C/c3n[nH]c4ccc(-c5ccc(CN6CCNCC6)cc5)cc34)cn2)CC1. The van der Waals surface area contributed by atoms with Crippen molar-refractivity contribution in [2.45, 2.75) is 25.4 Å². The number of fused-ring (bicyclic) bond motifs is 1. The van der Waals surface area contributed by atoms with Gasteiger partial charge in [-0.3, -0.25) is 14.7 Å². The van der Waals surface area contributed by atoms with Crippen molar-refractivity contribution in [2.24, 2.45) is 0 Å². The molecule has 7 nitrogen and oxygen atoms in total. The van der Waals surface area contributed by atoms with Crippen LogP contribution < -0.4 is 5.32 Å². The summed E-state index contributed by atoms with van der Waals surface area (Å²) in [6.07, 6.45) is 10.6. The Hall–Kier alpha value is -3.26. The molecule has 4 aromatic rings. The van der Waals surface area contributed by atoms with Crippen LogP contribution in [0.25, 0.3) is 34.2 Å². The number of aromatic nitrogens is 4. The van der Waals surface area contributed by atoms with Gasteiger partial charge in [-0.25, -0.2) is 0 Å². The minimum Gasteiger partial charge on any atom is -0.314 e. The zero-order valence-corrected chi connectivity index (χ0v) is 21.0. The Kier molecular flexibility index (Phi) is 6.68. The third-order valence-corrected chi connectivity index (χ3v) is 7.61. The molecule has 0 radical (unpaired) electrons. The van der Waals surface area contributed by atoms with Gasteiger partial charge in [0.05, 0.1) is 23.4 Å². The molecule has 2 fully saturated rings. The fourth-order valence-corrected chi connectivity index (χ4v) is 5.34. The predicted octanol–water partition coefficient (Wildman–Crippen LogP) is 4.27. The second kappa shape index (κ2) is 10.4. The van der Waals surface area contributed by atoms with E-state index in [9.17, 15) is 0 Å². The van der Waals surface area contributed by atoms with Gasteiger partial charge in [0.15, 0.2) is 0 Å². The van der Waals surface area contributed by atoms with Crippen molar-refractivity contribution < 1.29 is 0 Å². The summed E-state index contributed by atoms with van der Waals surface area (Å²) in [6, 6.07) is 16.1. The maximum atomic E-state index is 4.64. The maximum Gasteiger partial charge on any atom is 0.0927 e. The van der Waals surface area contributed by atoms with Gasteiger partial charge in [0.1, 0.15) is 0 Å². The van der Waals surface area contributed by atoms with E-state index in [0.29, 0.717) is 6.04 Å². The summed E-state index contributed by atoms with van der Waals surface area (Å²) in [5.41, 5.74) is 6.93. The third kappa shape index (κ3) is 5.14. The van der Waals surface area contributed by atoms with E-state index in [-0.39, 0.29) is 0 Å². The molecule has 2 aliphatic rings. The highest BCUT2D eigenvalue weighted by Crippen LogP contribution is 2.27. The van der Waals surface area contributed by atoms with E-state index in [1.54, 1.807) is 0 Å². The van der Waals surface area contributed by atoms with Crippen LogP contribution in [0.4, 0.5) is 0 Å². The monoisotopic (exact) mass is 481 g/mol. The third-order valence-electron chi connectivity index (χ3n) is 7.61. The summed E-state index contributed by atoms with van der Waals surface area (Å²) in [6.45, 7) is 7.70. The fourth-order valence-electron chi connectivity index (χ4n) is 5.34. The molecule has 0 spiro atoms. The number of nitrogens with zero attached hydrogens (tertiary/aromatic N) is 5. The maximum absolute atomic E-state index is 4.64. The summed E-state index contributed by atoms with van der Waals surface area (Å²) in [5.74, 6) is 0. The van der Waals surface area contributed by atoms with Crippen molar-refractivity contribution in [1.82, 2.24) is 35.1 Å². The molecule has 2 saturated heterocycles. The molecule has 0 aliphatic carbocycles. The standard InChI is InChI=1S/C29H35N7/c1-34-14-10-26(11-15-34)36-21-23(19-31-36)4-8-28-27-18-25(7-9-29(27)33-32-28)24-5-2-22(3-6-24)20-35-16-12-30-13-17-35/h2-9,18-19,21,26,30H,10-17,20H2,1H3,(H,32,33)/b8-4+. The highest BCUT2D eigenvalue weighted by atomic mass is 15.3. The predicted molar refractivity (Wildman–Crippen MR) is 147 cm³/mol. The molecule has 2 aromatic heterocycles. The van der Waals surface area contributed by atoms with Gasteiger partial charge in [0.25, 0.3) is 0 Å². The molecule has 2 aromatic carbocycles. The molecule has 2 N–H and O–H groups in total. The molecule has 0 amide bonds. The molecule has 6 rings (SSSR count). The van der Waals surface area contributed by atoms with Crippen molar-refractivity contribution in [2.75, 3.05) is 46.3 Å². The minimum absolute atomic E-state index is 0.500. The average Bonchev–Trinajstić information content (AvgIpc) is 3.56. The van der Waals surface area contributed by atoms with Crippen molar-refractivity contribution >= 4 is 23.1 Å². The quantitative estimate of drug-likeness (QED) is 0.431. The molecule has 2 aliphatic heterocycles. The largest absolute Gasteiger partial charge is 0.314 e. The fraction of sp³-hybridized carbons (Fsp3) is 0.379. The first kappa shape index (κ1) is 23.2. The van der Waals surface area contributed by atoms with Crippen LogP contribution in [0, 0.1) is 0 Å². The Labute approximate surface area is 212 Å². The first-order valence-electron chi connectivity index (χ1n) is 13.1. The number of H-pyrrole nitrogens is 1. The molecule has 4 heterocycles. The van der Waals surface area contributed by atoms with E-state index in [0.717, 1.165) is 80.8 Å². The Bertz CT molecular complexity index is 1320. The number of nitrogens with one attached hydrogen (secondary N) is 2. The van der Waals surface area contributed by atoms with Gasteiger partial charge >= 0.3 is 0 Å². The zero-order chi connectivity index (χ0) is 24.3. The van der Waals surface area contributed by atoms with E-state index in [4.69, 9.17) is 0 Å². The highest BCUT2D eigenvalue weighted by molar-refractivity contribution is 5.92. The Morgan fingerprint density at radius 3 is 2.53 bits per heavy atom. The first-order chi connectivity index (χ1) is 17.7. The smallest absolute Gasteiger partial charge is 0.0927 e. The number of hydrogen-bond acceptors (Lipinski definition) is 5. The molecule has 7 heteroatoms. The number of hydrogen-bond donors (Lipinski definition) is 2. The number of aromatic amines is 1. The van der Waals surface area contributed by atoms with Gasteiger partial charge in [-0.15, -0.1) is 0 Å². The zero-order valence-electron chi connectivity index (χ0n) is 21.0. The van der Waals surface area contributed by atoms with E-state index in [1.165, 1.54) is 16.7 Å². The molecule has 36 heavy (non-hydrogen) atoms. The van der Waals surface area contributed by atoms with E-state index in [1.807, 2.05) is 6.20 Å². The molecular weight excluding hydrogens is 446 g/mol. The van der Waals surface area contributed by atoms with Crippen LogP contribution in [0.15, 0.2) is 54.9 Å². The average molecular weight is 482 g/mol. The number of piperidine rings is 1. The van der Waals surface area contributed by atoms with Crippen molar-refractivity contribution in [3.8, 4) is 11.1 Å². The Balaban J connectivity index is 1.17. The molecule has 0 saturated carbocycles. The summed E-state index contributed by atoms with van der Waals surface area (Å²) in [5, 5.41) is 17.0. The molecular formula is C29H35N7. The molecule has 0 bridgehead atoms. The van der Waals surface area contributed by atoms with Crippen LogP contribution in [-0.2, 0) is 6.54 Å². The Morgan fingerprint density at radius 2 is 1.72 bits per heavy atom. The van der Waals surface area contributed by atoms with Crippen molar-refractivity contribution in [3.05, 3.63) is 71.7 Å². The van der Waals surface area contributed by atoms with E-state index in [2.05, 4.69) is 103 Å². The summed E-state index contributed by atoms with van der Waals surface area (Å²) >= 11 is 0. The second-order valence-electron chi connectivity index (χ2n) is 10.2. The topological polar surface area (TPSA) is 65.0 Å². The second-order valence-corrected chi connectivity index (χ2v) is 10.2. The van der Waals surface area contributed by atoms with E-state index < -0.39 is 0 Å². The lowest BCUT2D eigenvalue weighted by molar-refractivity contribution is 0.212. The normalized spacial score (nSPS) is 18.5. The van der Waals surface area contributed by atoms with Gasteiger partial charge < -0.3 is 10.2 Å². The first-order valence-corrected chi connectivity index (χ1v) is 13.1. The lowest BCUT2D eigenvalue weighted by Crippen LogP contribution is -2.42. The number of rotatable bonds is 6. The minimum atomic E-state index is 0.500. The van der Waals surface area contributed by atoms with E-state index >= 15 is 0 Å². The summed E-state index contributed by atoms with van der Waals surface area (Å²) in [7, 11) is 2.19. The Morgan fingerprint density at radius 1 is 0.944 bits per heavy atom. The highest BCUT2D eigenvalue weighted by Gasteiger charge is 2.18. The molecule has 0 unspecified atom stereocenters. The van der Waals surface area contributed by atoms with Gasteiger partial charge in [0.2, 0.25) is 0 Å². The van der Waals surface area contributed by atoms with Gasteiger partial charge in [-0.2, -0.15) is 10.2 Å². The number of piperazine rings is 1. The van der Waals surface area contributed by atoms with Crippen LogP contribution in [0.2, 0.25) is 0 Å². The molecule has 0 atom stereocenters. The van der Waals surface area contributed by atoms with Crippen molar-refractivity contribution in [3.63, 3.8) is 0 Å². The van der Waals surface area contributed by atoms with Gasteiger partial charge in [0, 0.05) is 49.9 Å². The lowest BCUT2D eigenvalue weighted by Gasteiger charge is -2.28. The van der Waals surface area contributed by atoms with Crippen LogP contribution >= 0.6 is 0 Å². The summed E-state index contributed by atoms with van der Waals surface area (Å²) < 4.78 is 2.14. The van der Waals surface area contributed by atoms with Crippen molar-refractivity contribution in [1.29, 1.82) is 0 Å². The van der Waals surface area contributed by atoms with Crippen LogP contribution in [0.1, 0.15) is 35.7 Å². The van der Waals surface area contributed by atoms with Crippen LogP contribution in [-0.4, -0.2) is 76.1 Å². The summed E-state index contributed by atoms with van der Waals surface area (Å²) in [4.78, 5) is 4.90. The number of likely N-dealkylation sites (tertiary alicyclic amines) is 1. The number of benzene rings is 2. The lowest BCUT2D eigenvalue weighted by atomic mass is 10.0. The molecule has 186 valence electrons. The van der Waals surface area contributed by atoms with Gasteiger partial charge in [-0.05, 0) is 74.0 Å².